The zero-order chi connectivity index (χ0) is 11.1. The summed E-state index contributed by atoms with van der Waals surface area (Å²) in [5.41, 5.74) is 0.155. The van der Waals surface area contributed by atoms with Gasteiger partial charge in [-0.15, -0.1) is 0 Å². The predicted molar refractivity (Wildman–Crippen MR) is 55.9 cm³/mol. The summed E-state index contributed by atoms with van der Waals surface area (Å²) in [6.07, 6.45) is 0.966. The second kappa shape index (κ2) is 3.49. The molecule has 0 aromatic heterocycles. The van der Waals surface area contributed by atoms with Gasteiger partial charge in [-0.25, -0.2) is 0 Å². The fraction of sp³-hybridized carbons (Fsp3) is 0.818. The summed E-state index contributed by atoms with van der Waals surface area (Å²) in [7, 11) is 0. The Labute approximate surface area is 90.2 Å². The standard InChI is InChI=1S/C11H17N3O/c1-11(2)5-9(11)10(15)14-4-3-13-7-8(14)6-12/h8-9,13H,3-5,7H2,1-2H3. The molecule has 1 aliphatic heterocycles. The third-order valence-electron chi connectivity index (χ3n) is 3.49. The van der Waals surface area contributed by atoms with E-state index in [4.69, 9.17) is 5.26 Å². The predicted octanol–water partition coefficient (Wildman–Crippen LogP) is 0.356. The van der Waals surface area contributed by atoms with Crippen molar-refractivity contribution in [3.8, 4) is 6.07 Å². The van der Waals surface area contributed by atoms with E-state index in [0.29, 0.717) is 13.1 Å². The zero-order valence-electron chi connectivity index (χ0n) is 9.29. The minimum atomic E-state index is -0.275. The van der Waals surface area contributed by atoms with Crippen molar-refractivity contribution >= 4 is 5.91 Å². The lowest BCUT2D eigenvalue weighted by Gasteiger charge is -2.32. The van der Waals surface area contributed by atoms with Crippen molar-refractivity contribution in [1.82, 2.24) is 10.2 Å². The molecule has 1 amide bonds. The number of amides is 1. The van der Waals surface area contributed by atoms with Crippen molar-refractivity contribution in [3.05, 3.63) is 0 Å². The number of piperazine rings is 1. The van der Waals surface area contributed by atoms with Gasteiger partial charge in [-0.05, 0) is 11.8 Å². The van der Waals surface area contributed by atoms with Crippen LogP contribution < -0.4 is 5.32 Å². The van der Waals surface area contributed by atoms with Gasteiger partial charge in [0.15, 0.2) is 0 Å². The topological polar surface area (TPSA) is 56.1 Å². The highest BCUT2D eigenvalue weighted by Crippen LogP contribution is 2.52. The molecule has 1 N–H and O–H groups in total. The van der Waals surface area contributed by atoms with Gasteiger partial charge in [-0.1, -0.05) is 13.8 Å². The number of hydrogen-bond acceptors (Lipinski definition) is 3. The van der Waals surface area contributed by atoms with Crippen LogP contribution in [0.1, 0.15) is 20.3 Å². The van der Waals surface area contributed by atoms with Gasteiger partial charge in [0.2, 0.25) is 5.91 Å². The minimum Gasteiger partial charge on any atom is -0.324 e. The van der Waals surface area contributed by atoms with Gasteiger partial charge in [0.25, 0.3) is 0 Å². The Morgan fingerprint density at radius 1 is 1.60 bits per heavy atom. The summed E-state index contributed by atoms with van der Waals surface area (Å²) in [6.45, 7) is 6.30. The van der Waals surface area contributed by atoms with Crippen molar-refractivity contribution in [2.45, 2.75) is 26.3 Å². The highest BCUT2D eigenvalue weighted by Gasteiger charge is 2.52. The van der Waals surface area contributed by atoms with Gasteiger partial charge in [0.1, 0.15) is 6.04 Å². The molecular weight excluding hydrogens is 190 g/mol. The lowest BCUT2D eigenvalue weighted by atomic mass is 10.1. The Morgan fingerprint density at radius 3 is 2.80 bits per heavy atom. The van der Waals surface area contributed by atoms with Crippen LogP contribution in [0.3, 0.4) is 0 Å². The molecule has 15 heavy (non-hydrogen) atoms. The van der Waals surface area contributed by atoms with E-state index in [1.54, 1.807) is 4.90 Å². The molecule has 2 fully saturated rings. The van der Waals surface area contributed by atoms with Crippen molar-refractivity contribution in [3.63, 3.8) is 0 Å². The summed E-state index contributed by atoms with van der Waals surface area (Å²) in [5.74, 6) is 0.319. The minimum absolute atomic E-state index is 0.145. The van der Waals surface area contributed by atoms with Crippen LogP contribution in [0.15, 0.2) is 0 Å². The fourth-order valence-corrected chi connectivity index (χ4v) is 2.17. The first kappa shape index (κ1) is 10.4. The van der Waals surface area contributed by atoms with Crippen LogP contribution in [0.4, 0.5) is 0 Å². The molecular formula is C11H17N3O. The van der Waals surface area contributed by atoms with Gasteiger partial charge in [-0.2, -0.15) is 5.26 Å². The first-order chi connectivity index (χ1) is 7.06. The Kier molecular flexibility index (Phi) is 2.43. The first-order valence-electron chi connectivity index (χ1n) is 5.47. The maximum atomic E-state index is 12.1. The molecule has 2 atom stereocenters. The largest absolute Gasteiger partial charge is 0.324 e. The summed E-state index contributed by atoms with van der Waals surface area (Å²) in [6, 6.07) is 1.91. The average molecular weight is 207 g/mol. The van der Waals surface area contributed by atoms with E-state index in [0.717, 1.165) is 13.0 Å². The Bertz CT molecular complexity index is 318. The molecule has 4 heteroatoms. The summed E-state index contributed by atoms with van der Waals surface area (Å²) in [4.78, 5) is 13.8. The number of carbonyl (C=O) groups is 1. The second-order valence-corrected chi connectivity index (χ2v) is 5.13. The maximum absolute atomic E-state index is 12.1. The molecule has 82 valence electrons. The normalized spacial score (nSPS) is 33.3. The van der Waals surface area contributed by atoms with E-state index in [-0.39, 0.29) is 23.3 Å². The molecule has 2 aliphatic rings. The first-order valence-corrected chi connectivity index (χ1v) is 5.47. The summed E-state index contributed by atoms with van der Waals surface area (Å²) < 4.78 is 0. The molecule has 1 saturated heterocycles. The Morgan fingerprint density at radius 2 is 2.27 bits per heavy atom. The lowest BCUT2D eigenvalue weighted by molar-refractivity contribution is -0.135. The molecule has 0 aromatic carbocycles. The Hall–Kier alpha value is -1.08. The van der Waals surface area contributed by atoms with Crippen LogP contribution in [0.2, 0.25) is 0 Å². The van der Waals surface area contributed by atoms with E-state index < -0.39 is 0 Å². The lowest BCUT2D eigenvalue weighted by Crippen LogP contribution is -2.53. The number of nitrogens with zero attached hydrogens (tertiary/aromatic N) is 2. The van der Waals surface area contributed by atoms with E-state index in [2.05, 4.69) is 25.2 Å². The highest BCUT2D eigenvalue weighted by atomic mass is 16.2. The summed E-state index contributed by atoms with van der Waals surface area (Å²) >= 11 is 0. The number of nitriles is 1. The summed E-state index contributed by atoms with van der Waals surface area (Å²) in [5, 5.41) is 12.1. The van der Waals surface area contributed by atoms with Crippen molar-refractivity contribution in [1.29, 1.82) is 5.26 Å². The fourth-order valence-electron chi connectivity index (χ4n) is 2.17. The molecule has 0 spiro atoms. The quantitative estimate of drug-likeness (QED) is 0.675. The van der Waals surface area contributed by atoms with Crippen LogP contribution in [0.5, 0.6) is 0 Å². The second-order valence-electron chi connectivity index (χ2n) is 5.13. The molecule has 1 heterocycles. The number of carbonyl (C=O) groups excluding carboxylic acids is 1. The third kappa shape index (κ3) is 1.84. The van der Waals surface area contributed by atoms with Crippen LogP contribution in [-0.4, -0.2) is 36.5 Å². The molecule has 1 aliphatic carbocycles. The van der Waals surface area contributed by atoms with E-state index >= 15 is 0 Å². The van der Waals surface area contributed by atoms with Crippen LogP contribution >= 0.6 is 0 Å². The van der Waals surface area contributed by atoms with Crippen LogP contribution in [0.25, 0.3) is 0 Å². The zero-order valence-corrected chi connectivity index (χ0v) is 9.29. The number of nitrogens with one attached hydrogen (secondary N) is 1. The molecule has 2 unspecified atom stereocenters. The van der Waals surface area contributed by atoms with Crippen molar-refractivity contribution in [2.24, 2.45) is 11.3 Å². The van der Waals surface area contributed by atoms with E-state index in [9.17, 15) is 4.79 Å². The molecule has 0 bridgehead atoms. The van der Waals surface area contributed by atoms with E-state index in [1.165, 1.54) is 0 Å². The average Bonchev–Trinajstić information content (AvgIpc) is 2.86. The molecule has 0 aromatic rings. The SMILES string of the molecule is CC1(C)CC1C(=O)N1CCNCC1C#N. The van der Waals surface area contributed by atoms with E-state index in [1.807, 2.05) is 0 Å². The third-order valence-corrected chi connectivity index (χ3v) is 3.49. The maximum Gasteiger partial charge on any atom is 0.227 e. The van der Waals surface area contributed by atoms with Crippen molar-refractivity contribution in [2.75, 3.05) is 19.6 Å². The monoisotopic (exact) mass is 207 g/mol. The van der Waals surface area contributed by atoms with Crippen LogP contribution in [0, 0.1) is 22.7 Å². The molecule has 0 radical (unpaired) electrons. The van der Waals surface area contributed by atoms with Gasteiger partial charge in [0.05, 0.1) is 6.07 Å². The Balaban J connectivity index is 2.03. The van der Waals surface area contributed by atoms with Gasteiger partial charge in [0, 0.05) is 25.6 Å². The molecule has 2 rings (SSSR count). The van der Waals surface area contributed by atoms with Crippen molar-refractivity contribution < 1.29 is 4.79 Å². The van der Waals surface area contributed by atoms with Gasteiger partial charge in [-0.3, -0.25) is 4.79 Å². The number of rotatable bonds is 1. The number of hydrogen-bond donors (Lipinski definition) is 1. The van der Waals surface area contributed by atoms with Gasteiger partial charge >= 0.3 is 0 Å². The van der Waals surface area contributed by atoms with Crippen LogP contribution in [-0.2, 0) is 4.79 Å². The van der Waals surface area contributed by atoms with Gasteiger partial charge < -0.3 is 10.2 Å². The highest BCUT2D eigenvalue weighted by molar-refractivity contribution is 5.83. The molecule has 4 nitrogen and oxygen atoms in total. The smallest absolute Gasteiger partial charge is 0.227 e. The molecule has 1 saturated carbocycles.